The van der Waals surface area contributed by atoms with E-state index in [1.807, 2.05) is 0 Å². The summed E-state index contributed by atoms with van der Waals surface area (Å²) in [5, 5.41) is 3.98. The highest BCUT2D eigenvalue weighted by Gasteiger charge is 2.36. The molecule has 0 fully saturated rings. The molecule has 0 atom stereocenters. The van der Waals surface area contributed by atoms with Crippen LogP contribution in [0.25, 0.3) is 0 Å². The minimum atomic E-state index is -2.46. The van der Waals surface area contributed by atoms with Gasteiger partial charge in [0.1, 0.15) is 6.33 Å². The van der Waals surface area contributed by atoms with Crippen molar-refractivity contribution in [1.82, 2.24) is 14.8 Å². The van der Waals surface area contributed by atoms with Crippen LogP contribution in [0, 0.1) is 0 Å². The SMILES string of the molecule is CO[Si](CCCn1cnc(N)n1)(OC)OC. The highest BCUT2D eigenvalue weighted by atomic mass is 28.4. The summed E-state index contributed by atoms with van der Waals surface area (Å²) in [6.07, 6.45) is 2.44. The minimum absolute atomic E-state index is 0.286. The average Bonchev–Trinajstić information content (AvgIpc) is 2.71. The third-order valence-corrected chi connectivity index (χ3v) is 5.19. The molecule has 7 nitrogen and oxygen atoms in total. The zero-order chi connectivity index (χ0) is 12.0. The molecular weight excluding hydrogens is 228 g/mol. The molecule has 1 heterocycles. The van der Waals surface area contributed by atoms with Gasteiger partial charge in [0.2, 0.25) is 5.95 Å². The molecule has 0 saturated heterocycles. The van der Waals surface area contributed by atoms with Crippen molar-refractivity contribution in [2.45, 2.75) is 19.0 Å². The van der Waals surface area contributed by atoms with E-state index in [0.29, 0.717) is 0 Å². The van der Waals surface area contributed by atoms with Gasteiger partial charge in [-0.05, 0) is 6.42 Å². The van der Waals surface area contributed by atoms with Crippen molar-refractivity contribution in [3.63, 3.8) is 0 Å². The van der Waals surface area contributed by atoms with Gasteiger partial charge in [-0.15, -0.1) is 5.10 Å². The fourth-order valence-electron chi connectivity index (χ4n) is 1.43. The summed E-state index contributed by atoms with van der Waals surface area (Å²) in [6, 6.07) is 0.732. The van der Waals surface area contributed by atoms with Crippen molar-refractivity contribution in [2.24, 2.45) is 0 Å². The summed E-state index contributed by atoms with van der Waals surface area (Å²) in [5.41, 5.74) is 5.41. The van der Waals surface area contributed by atoms with Crippen molar-refractivity contribution < 1.29 is 13.3 Å². The fraction of sp³-hybridized carbons (Fsp3) is 0.750. The molecule has 8 heteroatoms. The molecule has 0 unspecified atom stereocenters. The number of anilines is 1. The molecule has 0 radical (unpaired) electrons. The second-order valence-electron chi connectivity index (χ2n) is 3.26. The molecule has 2 N–H and O–H groups in total. The van der Waals surface area contributed by atoms with Crippen LogP contribution in [0.2, 0.25) is 6.04 Å². The minimum Gasteiger partial charge on any atom is -0.377 e. The third-order valence-electron chi connectivity index (χ3n) is 2.36. The van der Waals surface area contributed by atoms with Crippen LogP contribution in [-0.2, 0) is 19.8 Å². The van der Waals surface area contributed by atoms with Crippen LogP contribution in [0.5, 0.6) is 0 Å². The van der Waals surface area contributed by atoms with E-state index in [1.54, 1.807) is 32.3 Å². The van der Waals surface area contributed by atoms with Crippen LogP contribution < -0.4 is 5.73 Å². The number of rotatable bonds is 7. The van der Waals surface area contributed by atoms with Crippen molar-refractivity contribution >= 4 is 14.8 Å². The predicted octanol–water partition coefficient (Wildman–Crippen LogP) is 0.129. The molecule has 0 aliphatic heterocycles. The Balaban J connectivity index is 2.39. The molecule has 0 aromatic carbocycles. The summed E-state index contributed by atoms with van der Waals surface area (Å²) in [5.74, 6) is 0.286. The molecule has 0 bridgehead atoms. The van der Waals surface area contributed by atoms with E-state index in [1.165, 1.54) is 0 Å². The maximum atomic E-state index is 5.41. The van der Waals surface area contributed by atoms with Gasteiger partial charge in [-0.2, -0.15) is 0 Å². The maximum Gasteiger partial charge on any atom is 0.500 e. The van der Waals surface area contributed by atoms with Crippen LogP contribution in [-0.4, -0.2) is 44.9 Å². The van der Waals surface area contributed by atoms with Crippen LogP contribution in [0.4, 0.5) is 5.95 Å². The van der Waals surface area contributed by atoms with E-state index in [2.05, 4.69) is 10.1 Å². The fourth-order valence-corrected chi connectivity index (χ4v) is 3.13. The zero-order valence-corrected chi connectivity index (χ0v) is 10.8. The van der Waals surface area contributed by atoms with Gasteiger partial charge in [0.15, 0.2) is 0 Å². The first-order valence-electron chi connectivity index (χ1n) is 4.96. The van der Waals surface area contributed by atoms with Gasteiger partial charge in [0.05, 0.1) is 0 Å². The van der Waals surface area contributed by atoms with Gasteiger partial charge in [0.25, 0.3) is 0 Å². The molecule has 0 saturated carbocycles. The van der Waals surface area contributed by atoms with E-state index >= 15 is 0 Å². The van der Waals surface area contributed by atoms with Crippen LogP contribution in [0.15, 0.2) is 6.33 Å². The first kappa shape index (κ1) is 13.1. The Bertz CT molecular complexity index is 308. The summed E-state index contributed by atoms with van der Waals surface area (Å²) in [7, 11) is 2.35. The van der Waals surface area contributed by atoms with Crippen LogP contribution >= 0.6 is 0 Å². The van der Waals surface area contributed by atoms with Gasteiger partial charge in [-0.25, -0.2) is 4.98 Å². The Morgan fingerprint density at radius 1 is 1.31 bits per heavy atom. The molecule has 0 spiro atoms. The number of nitrogen functional groups attached to an aromatic ring is 1. The van der Waals surface area contributed by atoms with E-state index in [4.69, 9.17) is 19.0 Å². The van der Waals surface area contributed by atoms with E-state index in [0.717, 1.165) is 19.0 Å². The molecule has 16 heavy (non-hydrogen) atoms. The largest absolute Gasteiger partial charge is 0.500 e. The van der Waals surface area contributed by atoms with E-state index in [-0.39, 0.29) is 5.95 Å². The van der Waals surface area contributed by atoms with Crippen LogP contribution in [0.1, 0.15) is 6.42 Å². The standard InChI is InChI=1S/C8H18N4O3Si/c1-13-16(14-2,15-3)6-4-5-12-7-10-8(9)11-12/h7H,4-6H2,1-3H3,(H2,9,11). The Kier molecular flexibility index (Phi) is 4.87. The molecule has 0 amide bonds. The monoisotopic (exact) mass is 246 g/mol. The Morgan fingerprint density at radius 2 is 1.94 bits per heavy atom. The number of nitrogens with zero attached hydrogens (tertiary/aromatic N) is 3. The van der Waals surface area contributed by atoms with Gasteiger partial charge in [-0.1, -0.05) is 0 Å². The highest BCUT2D eigenvalue weighted by molar-refractivity contribution is 6.60. The smallest absolute Gasteiger partial charge is 0.377 e. The Hall–Kier alpha value is -0.963. The Morgan fingerprint density at radius 3 is 2.38 bits per heavy atom. The summed E-state index contributed by atoms with van der Waals surface area (Å²) in [4.78, 5) is 3.84. The van der Waals surface area contributed by atoms with Crippen molar-refractivity contribution in [2.75, 3.05) is 27.1 Å². The second-order valence-corrected chi connectivity index (χ2v) is 6.36. The number of nitrogens with two attached hydrogens (primary N) is 1. The number of aryl methyl sites for hydroxylation is 1. The summed E-state index contributed by atoms with van der Waals surface area (Å²) < 4.78 is 17.6. The summed E-state index contributed by atoms with van der Waals surface area (Å²) in [6.45, 7) is 0.717. The lowest BCUT2D eigenvalue weighted by Crippen LogP contribution is -2.42. The number of hydrogen-bond donors (Lipinski definition) is 1. The zero-order valence-electron chi connectivity index (χ0n) is 9.84. The lowest BCUT2D eigenvalue weighted by Gasteiger charge is -2.24. The topological polar surface area (TPSA) is 84.4 Å². The molecule has 1 rings (SSSR count). The van der Waals surface area contributed by atoms with Gasteiger partial charge < -0.3 is 19.0 Å². The quantitative estimate of drug-likeness (QED) is 0.688. The van der Waals surface area contributed by atoms with Crippen molar-refractivity contribution in [1.29, 1.82) is 0 Å². The molecule has 0 aliphatic rings. The van der Waals surface area contributed by atoms with Gasteiger partial charge in [0, 0.05) is 33.9 Å². The lowest BCUT2D eigenvalue weighted by atomic mass is 10.5. The normalized spacial score (nSPS) is 11.9. The van der Waals surface area contributed by atoms with Gasteiger partial charge >= 0.3 is 8.80 Å². The predicted molar refractivity (Wildman–Crippen MR) is 60.6 cm³/mol. The maximum absolute atomic E-state index is 5.41. The summed E-state index contributed by atoms with van der Waals surface area (Å²) >= 11 is 0. The second kappa shape index (κ2) is 5.94. The Labute approximate surface area is 95.9 Å². The molecule has 1 aromatic heterocycles. The lowest BCUT2D eigenvalue weighted by molar-refractivity contribution is 0.122. The molecular formula is C8H18N4O3Si. The average molecular weight is 246 g/mol. The molecule has 0 aliphatic carbocycles. The number of hydrogen-bond acceptors (Lipinski definition) is 6. The van der Waals surface area contributed by atoms with Crippen molar-refractivity contribution in [3.8, 4) is 0 Å². The first-order chi connectivity index (χ1) is 7.65. The van der Waals surface area contributed by atoms with Crippen molar-refractivity contribution in [3.05, 3.63) is 6.33 Å². The van der Waals surface area contributed by atoms with Gasteiger partial charge in [-0.3, -0.25) is 4.68 Å². The van der Waals surface area contributed by atoms with E-state index in [9.17, 15) is 0 Å². The molecule has 1 aromatic rings. The highest BCUT2D eigenvalue weighted by Crippen LogP contribution is 2.15. The van der Waals surface area contributed by atoms with Crippen LogP contribution in [0.3, 0.4) is 0 Å². The molecule has 92 valence electrons. The first-order valence-corrected chi connectivity index (χ1v) is 6.89. The third kappa shape index (κ3) is 3.27. The van der Waals surface area contributed by atoms with E-state index < -0.39 is 8.80 Å². The number of aromatic nitrogens is 3.